The van der Waals surface area contributed by atoms with Gasteiger partial charge >= 0.3 is 39.5 Å². The van der Waals surface area contributed by atoms with E-state index in [0.29, 0.717) is 31.6 Å². The zero-order valence-corrected chi connectivity index (χ0v) is 65.0. The molecular formula is C78H152O17P2. The maximum Gasteiger partial charge on any atom is 0.472 e. The van der Waals surface area contributed by atoms with Gasteiger partial charge in [0.2, 0.25) is 0 Å². The van der Waals surface area contributed by atoms with E-state index >= 15 is 0 Å². The third-order valence-electron chi connectivity index (χ3n) is 18.3. The molecule has 0 aromatic heterocycles. The minimum Gasteiger partial charge on any atom is -0.462 e. The fourth-order valence-corrected chi connectivity index (χ4v) is 13.6. The summed E-state index contributed by atoms with van der Waals surface area (Å²) < 4.78 is 68.5. The molecule has 2 unspecified atom stereocenters. The molecule has 0 aliphatic carbocycles. The Bertz CT molecular complexity index is 1860. The highest BCUT2D eigenvalue weighted by Gasteiger charge is 2.30. The van der Waals surface area contributed by atoms with Crippen LogP contribution in [-0.2, 0) is 65.4 Å². The van der Waals surface area contributed by atoms with E-state index in [4.69, 9.17) is 37.0 Å². The van der Waals surface area contributed by atoms with Crippen LogP contribution in [0.1, 0.15) is 413 Å². The molecule has 19 heteroatoms. The molecule has 0 spiro atoms. The van der Waals surface area contributed by atoms with Gasteiger partial charge in [0.1, 0.15) is 19.3 Å². The van der Waals surface area contributed by atoms with Crippen LogP contribution in [0.15, 0.2) is 0 Å². The Hall–Kier alpha value is -1.94. The number of hydrogen-bond acceptors (Lipinski definition) is 15. The zero-order valence-electron chi connectivity index (χ0n) is 63.2. The monoisotopic (exact) mass is 1420 g/mol. The molecule has 0 amide bonds. The summed E-state index contributed by atoms with van der Waals surface area (Å²) >= 11 is 0. The average Bonchev–Trinajstić information content (AvgIpc) is 2.44. The molecule has 0 aliphatic rings. The Morgan fingerprint density at radius 3 is 0.701 bits per heavy atom. The predicted molar refractivity (Wildman–Crippen MR) is 395 cm³/mol. The zero-order chi connectivity index (χ0) is 71.2. The summed E-state index contributed by atoms with van der Waals surface area (Å²) in [6.07, 6.45) is 61.3. The van der Waals surface area contributed by atoms with Gasteiger partial charge in [0.25, 0.3) is 0 Å². The number of aliphatic hydroxyl groups excluding tert-OH is 1. The van der Waals surface area contributed by atoms with Crippen LogP contribution in [0.2, 0.25) is 0 Å². The second-order valence-electron chi connectivity index (χ2n) is 28.6. The van der Waals surface area contributed by atoms with Crippen molar-refractivity contribution in [3.63, 3.8) is 0 Å². The number of carbonyl (C=O) groups excluding carboxylic acids is 4. The number of rotatable bonds is 78. The lowest BCUT2D eigenvalue weighted by Gasteiger charge is -2.21. The molecule has 0 aliphatic heterocycles. The second-order valence-corrected chi connectivity index (χ2v) is 31.5. The van der Waals surface area contributed by atoms with Crippen molar-refractivity contribution in [2.24, 2.45) is 5.92 Å². The van der Waals surface area contributed by atoms with Crippen molar-refractivity contribution in [2.75, 3.05) is 39.6 Å². The van der Waals surface area contributed by atoms with Gasteiger partial charge in [-0.3, -0.25) is 37.3 Å². The van der Waals surface area contributed by atoms with Crippen molar-refractivity contribution in [3.05, 3.63) is 0 Å². The molecule has 0 bridgehead atoms. The van der Waals surface area contributed by atoms with E-state index in [0.717, 1.165) is 89.9 Å². The van der Waals surface area contributed by atoms with E-state index in [9.17, 15) is 43.2 Å². The van der Waals surface area contributed by atoms with Gasteiger partial charge in [-0.1, -0.05) is 362 Å². The van der Waals surface area contributed by atoms with Crippen LogP contribution in [0.5, 0.6) is 0 Å². The molecule has 0 radical (unpaired) electrons. The van der Waals surface area contributed by atoms with E-state index in [1.807, 2.05) is 0 Å². The number of phosphoric acid groups is 2. The van der Waals surface area contributed by atoms with Gasteiger partial charge in [0, 0.05) is 25.7 Å². The molecule has 97 heavy (non-hydrogen) atoms. The number of aliphatic hydroxyl groups is 1. The van der Waals surface area contributed by atoms with Gasteiger partial charge in [-0.05, 0) is 31.6 Å². The van der Waals surface area contributed by atoms with Gasteiger partial charge in [-0.15, -0.1) is 0 Å². The molecule has 0 rings (SSSR count). The second kappa shape index (κ2) is 71.1. The number of esters is 4. The maximum atomic E-state index is 13.1. The third kappa shape index (κ3) is 72.2. The van der Waals surface area contributed by atoms with Crippen molar-refractivity contribution in [2.45, 2.75) is 432 Å². The third-order valence-corrected chi connectivity index (χ3v) is 20.2. The average molecular weight is 1420 g/mol. The predicted octanol–water partition coefficient (Wildman–Crippen LogP) is 23.3. The summed E-state index contributed by atoms with van der Waals surface area (Å²) in [6, 6.07) is 0. The summed E-state index contributed by atoms with van der Waals surface area (Å²) in [5.41, 5.74) is 0. The first-order chi connectivity index (χ1) is 47.0. The van der Waals surface area contributed by atoms with E-state index in [1.165, 1.54) is 238 Å². The maximum absolute atomic E-state index is 13.1. The first-order valence-corrected chi connectivity index (χ1v) is 43.6. The van der Waals surface area contributed by atoms with Crippen LogP contribution < -0.4 is 0 Å². The summed E-state index contributed by atoms with van der Waals surface area (Å²) in [4.78, 5) is 72.8. The summed E-state index contributed by atoms with van der Waals surface area (Å²) in [5.74, 6) is -1.42. The Balaban J connectivity index is 5.19. The van der Waals surface area contributed by atoms with E-state index in [2.05, 4.69) is 34.6 Å². The molecule has 0 saturated carbocycles. The first kappa shape index (κ1) is 95.1. The topological polar surface area (TPSA) is 237 Å². The van der Waals surface area contributed by atoms with E-state index < -0.39 is 97.5 Å². The molecule has 0 heterocycles. The molecule has 17 nitrogen and oxygen atoms in total. The lowest BCUT2D eigenvalue weighted by Crippen LogP contribution is -2.30. The molecule has 576 valence electrons. The Morgan fingerprint density at radius 2 is 0.474 bits per heavy atom. The van der Waals surface area contributed by atoms with Crippen LogP contribution in [0.4, 0.5) is 0 Å². The van der Waals surface area contributed by atoms with Crippen molar-refractivity contribution < 1.29 is 80.2 Å². The Kier molecular flexibility index (Phi) is 69.6. The largest absolute Gasteiger partial charge is 0.472 e. The van der Waals surface area contributed by atoms with E-state index in [1.54, 1.807) is 0 Å². The summed E-state index contributed by atoms with van der Waals surface area (Å²) in [6.45, 7) is 7.23. The van der Waals surface area contributed by atoms with E-state index in [-0.39, 0.29) is 25.7 Å². The lowest BCUT2D eigenvalue weighted by molar-refractivity contribution is -0.161. The number of unbranched alkanes of at least 4 members (excludes halogenated alkanes) is 50. The SMILES string of the molecule is CCCCCCCCCCCCCCCCCCCCCCCC(=O)O[C@H](COC(=O)CCCCCCCCCCCCCCCCCC)COP(=O)(O)OC[C@@H](O)COP(=O)(O)OC[C@@H](COC(=O)CCCCCCCCCCCC)OC(=O)CCCCCCCCCC(C)C. The number of hydrogen-bond donors (Lipinski definition) is 3. The molecule has 5 atom stereocenters. The van der Waals surface area contributed by atoms with Gasteiger partial charge in [0.05, 0.1) is 26.4 Å². The minimum absolute atomic E-state index is 0.104. The van der Waals surface area contributed by atoms with Crippen molar-refractivity contribution >= 4 is 39.5 Å². The smallest absolute Gasteiger partial charge is 0.462 e. The van der Waals surface area contributed by atoms with Gasteiger partial charge in [-0.2, -0.15) is 0 Å². The Morgan fingerprint density at radius 1 is 0.278 bits per heavy atom. The number of carbonyl (C=O) groups is 4. The van der Waals surface area contributed by atoms with Crippen LogP contribution >= 0.6 is 15.6 Å². The fraction of sp³-hybridized carbons (Fsp3) is 0.949. The van der Waals surface area contributed by atoms with Crippen LogP contribution in [0.25, 0.3) is 0 Å². The quantitative estimate of drug-likeness (QED) is 0.0222. The van der Waals surface area contributed by atoms with Gasteiger partial charge in [-0.25, -0.2) is 9.13 Å². The number of phosphoric ester groups is 2. The molecule has 0 saturated heterocycles. The normalized spacial score (nSPS) is 13.9. The highest BCUT2D eigenvalue weighted by Crippen LogP contribution is 2.45. The van der Waals surface area contributed by atoms with Gasteiger partial charge in [0.15, 0.2) is 12.2 Å². The molecular weight excluding hydrogens is 1270 g/mol. The molecule has 0 aromatic rings. The summed E-state index contributed by atoms with van der Waals surface area (Å²) in [5, 5.41) is 10.6. The fourth-order valence-electron chi connectivity index (χ4n) is 12.1. The highest BCUT2D eigenvalue weighted by atomic mass is 31.2. The standard InChI is InChI=1S/C78H152O17P2/c1-6-9-12-15-18-21-24-26-28-30-31-32-33-34-36-38-40-43-48-53-58-63-77(82)94-73(67-89-76(81)62-57-52-47-42-39-37-35-29-27-25-22-19-16-13-10-7-2)69-92-96(84,85)90-65-72(79)66-91-97(86,87)93-70-74(95-78(83)64-59-54-49-44-45-50-55-60-71(4)5)68-88-75(80)61-56-51-46-41-23-20-17-14-11-8-3/h71-74,79H,6-70H2,1-5H3,(H,84,85)(H,86,87)/t72-,73-,74-/m1/s1. The van der Waals surface area contributed by atoms with Crippen LogP contribution in [0.3, 0.4) is 0 Å². The first-order valence-electron chi connectivity index (χ1n) is 40.6. The van der Waals surface area contributed by atoms with Gasteiger partial charge < -0.3 is 33.8 Å². The number of ether oxygens (including phenoxy) is 4. The Labute approximate surface area is 594 Å². The molecule has 0 aromatic carbocycles. The summed E-state index contributed by atoms with van der Waals surface area (Å²) in [7, 11) is -9.91. The molecule has 0 fully saturated rings. The van der Waals surface area contributed by atoms with Crippen molar-refractivity contribution in [1.82, 2.24) is 0 Å². The van der Waals surface area contributed by atoms with Crippen molar-refractivity contribution in [1.29, 1.82) is 0 Å². The lowest BCUT2D eigenvalue weighted by atomic mass is 10.0. The minimum atomic E-state index is -4.96. The highest BCUT2D eigenvalue weighted by molar-refractivity contribution is 7.47. The van der Waals surface area contributed by atoms with Crippen molar-refractivity contribution in [3.8, 4) is 0 Å². The molecule has 3 N–H and O–H groups in total. The van der Waals surface area contributed by atoms with Crippen LogP contribution in [-0.4, -0.2) is 96.7 Å². The van der Waals surface area contributed by atoms with Crippen LogP contribution in [0, 0.1) is 5.92 Å².